The fraction of sp³-hybridized carbons (Fsp3) is 0.500. The van der Waals surface area contributed by atoms with Gasteiger partial charge in [0.15, 0.2) is 0 Å². The van der Waals surface area contributed by atoms with Crippen LogP contribution in [-0.2, 0) is 9.53 Å². The molecule has 0 bridgehead atoms. The van der Waals surface area contributed by atoms with Crippen LogP contribution in [0.15, 0.2) is 18.2 Å². The predicted octanol–water partition coefficient (Wildman–Crippen LogP) is 1.60. The predicted molar refractivity (Wildman–Crippen MR) is 78.0 cm³/mol. The van der Waals surface area contributed by atoms with E-state index in [1.807, 2.05) is 0 Å². The number of nitrogens with zero attached hydrogens (tertiary/aromatic N) is 1. The maximum Gasteiger partial charge on any atom is 0.293 e. The Morgan fingerprint density at radius 1 is 1.48 bits per heavy atom. The van der Waals surface area contributed by atoms with Gasteiger partial charge in [0.2, 0.25) is 5.91 Å². The van der Waals surface area contributed by atoms with Crippen molar-refractivity contribution in [3.8, 4) is 0 Å². The summed E-state index contributed by atoms with van der Waals surface area (Å²) in [5, 5.41) is 13.8. The van der Waals surface area contributed by atoms with Crippen molar-refractivity contribution in [2.75, 3.05) is 25.1 Å². The third-order valence-electron chi connectivity index (χ3n) is 3.92. The molecule has 2 rings (SSSR count). The molecule has 1 amide bonds. The lowest BCUT2D eigenvalue weighted by atomic mass is 9.79. The summed E-state index contributed by atoms with van der Waals surface area (Å²) in [7, 11) is 0. The monoisotopic (exact) mass is 293 g/mol. The Morgan fingerprint density at radius 2 is 2.14 bits per heavy atom. The zero-order valence-electron chi connectivity index (χ0n) is 11.9. The standard InChI is InChI=1S/C14H19N3O4/c1-10-2-3-11(12(8-10)17(19)20)16-13(18)14(9-15)4-6-21-7-5-14/h2-3,8H,4-7,9,15H2,1H3,(H,16,18). The summed E-state index contributed by atoms with van der Waals surface area (Å²) in [5.41, 5.74) is 5.91. The third kappa shape index (κ3) is 3.20. The molecule has 1 aliphatic rings. The molecule has 1 saturated heterocycles. The number of aryl methyl sites for hydroxylation is 1. The number of nitrogens with two attached hydrogens (primary N) is 1. The van der Waals surface area contributed by atoms with Crippen LogP contribution in [0.5, 0.6) is 0 Å². The normalized spacial score (nSPS) is 17.2. The van der Waals surface area contributed by atoms with Crippen molar-refractivity contribution in [2.24, 2.45) is 11.1 Å². The number of nitrogens with one attached hydrogen (secondary N) is 1. The van der Waals surface area contributed by atoms with E-state index in [0.29, 0.717) is 26.1 Å². The fourth-order valence-corrected chi connectivity index (χ4v) is 2.44. The quantitative estimate of drug-likeness (QED) is 0.647. The average Bonchev–Trinajstić information content (AvgIpc) is 2.49. The summed E-state index contributed by atoms with van der Waals surface area (Å²) in [6, 6.07) is 4.71. The van der Waals surface area contributed by atoms with Crippen LogP contribution in [0.1, 0.15) is 18.4 Å². The minimum Gasteiger partial charge on any atom is -0.381 e. The smallest absolute Gasteiger partial charge is 0.293 e. The first-order chi connectivity index (χ1) is 9.98. The van der Waals surface area contributed by atoms with Gasteiger partial charge in [-0.1, -0.05) is 6.07 Å². The van der Waals surface area contributed by atoms with E-state index in [1.165, 1.54) is 6.07 Å². The van der Waals surface area contributed by atoms with E-state index in [1.54, 1.807) is 19.1 Å². The first-order valence-corrected chi connectivity index (χ1v) is 6.83. The second kappa shape index (κ2) is 6.19. The minimum atomic E-state index is -0.711. The summed E-state index contributed by atoms with van der Waals surface area (Å²) in [6.07, 6.45) is 1.05. The van der Waals surface area contributed by atoms with Crippen LogP contribution in [0, 0.1) is 22.5 Å². The molecule has 21 heavy (non-hydrogen) atoms. The number of nitro groups is 1. The second-order valence-corrected chi connectivity index (χ2v) is 5.33. The summed E-state index contributed by atoms with van der Waals surface area (Å²) in [6.45, 7) is 2.90. The SMILES string of the molecule is Cc1ccc(NC(=O)C2(CN)CCOCC2)c([N+](=O)[O-])c1. The van der Waals surface area contributed by atoms with Gasteiger partial charge in [-0.2, -0.15) is 0 Å². The van der Waals surface area contributed by atoms with Crippen molar-refractivity contribution in [3.63, 3.8) is 0 Å². The van der Waals surface area contributed by atoms with E-state index in [9.17, 15) is 14.9 Å². The van der Waals surface area contributed by atoms with E-state index in [0.717, 1.165) is 5.56 Å². The number of anilines is 1. The highest BCUT2D eigenvalue weighted by Crippen LogP contribution is 2.33. The number of carbonyl (C=O) groups is 1. The minimum absolute atomic E-state index is 0.109. The molecular formula is C14H19N3O4. The molecule has 0 atom stereocenters. The molecule has 1 heterocycles. The van der Waals surface area contributed by atoms with Crippen LogP contribution in [0.4, 0.5) is 11.4 Å². The molecule has 114 valence electrons. The second-order valence-electron chi connectivity index (χ2n) is 5.33. The van der Waals surface area contributed by atoms with Crippen molar-refractivity contribution in [1.29, 1.82) is 0 Å². The van der Waals surface area contributed by atoms with Crippen molar-refractivity contribution >= 4 is 17.3 Å². The van der Waals surface area contributed by atoms with Gasteiger partial charge in [-0.25, -0.2) is 0 Å². The molecule has 0 radical (unpaired) electrons. The lowest BCUT2D eigenvalue weighted by molar-refractivity contribution is -0.384. The highest BCUT2D eigenvalue weighted by atomic mass is 16.6. The lowest BCUT2D eigenvalue weighted by Gasteiger charge is -2.34. The zero-order chi connectivity index (χ0) is 15.5. The highest BCUT2D eigenvalue weighted by molar-refractivity contribution is 5.97. The van der Waals surface area contributed by atoms with Crippen LogP contribution >= 0.6 is 0 Å². The van der Waals surface area contributed by atoms with Gasteiger partial charge >= 0.3 is 0 Å². The Morgan fingerprint density at radius 3 is 2.71 bits per heavy atom. The lowest BCUT2D eigenvalue weighted by Crippen LogP contribution is -2.46. The van der Waals surface area contributed by atoms with E-state index in [4.69, 9.17) is 10.5 Å². The van der Waals surface area contributed by atoms with Crippen LogP contribution < -0.4 is 11.1 Å². The number of rotatable bonds is 4. The van der Waals surface area contributed by atoms with Gasteiger partial charge in [0.25, 0.3) is 5.69 Å². The number of hydrogen-bond donors (Lipinski definition) is 2. The largest absolute Gasteiger partial charge is 0.381 e. The van der Waals surface area contributed by atoms with Gasteiger partial charge in [-0.15, -0.1) is 0 Å². The van der Waals surface area contributed by atoms with Gasteiger partial charge in [0, 0.05) is 25.8 Å². The molecular weight excluding hydrogens is 274 g/mol. The number of ether oxygens (including phenoxy) is 1. The molecule has 0 saturated carbocycles. The van der Waals surface area contributed by atoms with Crippen LogP contribution in [0.25, 0.3) is 0 Å². The zero-order valence-corrected chi connectivity index (χ0v) is 11.9. The molecule has 1 fully saturated rings. The van der Waals surface area contributed by atoms with E-state index >= 15 is 0 Å². The van der Waals surface area contributed by atoms with Gasteiger partial charge in [-0.3, -0.25) is 14.9 Å². The molecule has 1 aromatic carbocycles. The number of carbonyl (C=O) groups excluding carboxylic acids is 1. The van der Waals surface area contributed by atoms with E-state index in [-0.39, 0.29) is 23.8 Å². The summed E-state index contributed by atoms with van der Waals surface area (Å²) in [5.74, 6) is -0.278. The molecule has 1 aromatic rings. The molecule has 7 nitrogen and oxygen atoms in total. The van der Waals surface area contributed by atoms with Crippen molar-refractivity contribution in [2.45, 2.75) is 19.8 Å². The first kappa shape index (κ1) is 15.4. The van der Waals surface area contributed by atoms with Crippen molar-refractivity contribution in [1.82, 2.24) is 0 Å². The summed E-state index contributed by atoms with van der Waals surface area (Å²) >= 11 is 0. The molecule has 0 unspecified atom stereocenters. The summed E-state index contributed by atoms with van der Waals surface area (Å²) < 4.78 is 5.26. The Kier molecular flexibility index (Phi) is 4.54. The average molecular weight is 293 g/mol. The molecule has 0 aromatic heterocycles. The number of hydrogen-bond acceptors (Lipinski definition) is 5. The molecule has 7 heteroatoms. The molecule has 3 N–H and O–H groups in total. The van der Waals surface area contributed by atoms with Crippen molar-refractivity contribution in [3.05, 3.63) is 33.9 Å². The first-order valence-electron chi connectivity index (χ1n) is 6.83. The number of nitro benzene ring substituents is 1. The Balaban J connectivity index is 2.24. The maximum absolute atomic E-state index is 12.5. The molecule has 1 aliphatic heterocycles. The van der Waals surface area contributed by atoms with Gasteiger partial charge in [-0.05, 0) is 31.4 Å². The Hall–Kier alpha value is -1.99. The number of amides is 1. The van der Waals surface area contributed by atoms with Crippen LogP contribution in [0.3, 0.4) is 0 Å². The van der Waals surface area contributed by atoms with E-state index < -0.39 is 10.3 Å². The van der Waals surface area contributed by atoms with Gasteiger partial charge in [0.1, 0.15) is 5.69 Å². The Labute approximate surface area is 122 Å². The summed E-state index contributed by atoms with van der Waals surface area (Å²) in [4.78, 5) is 23.1. The highest BCUT2D eigenvalue weighted by Gasteiger charge is 2.39. The topological polar surface area (TPSA) is 107 Å². The van der Waals surface area contributed by atoms with Gasteiger partial charge < -0.3 is 15.8 Å². The molecule has 0 spiro atoms. The Bertz CT molecular complexity index is 553. The number of benzene rings is 1. The third-order valence-corrected chi connectivity index (χ3v) is 3.92. The van der Waals surface area contributed by atoms with E-state index in [2.05, 4.69) is 5.32 Å². The van der Waals surface area contributed by atoms with Crippen LogP contribution in [-0.4, -0.2) is 30.6 Å². The maximum atomic E-state index is 12.5. The molecule has 0 aliphatic carbocycles. The fourth-order valence-electron chi connectivity index (χ4n) is 2.44. The van der Waals surface area contributed by atoms with Crippen LogP contribution in [0.2, 0.25) is 0 Å². The van der Waals surface area contributed by atoms with Crippen molar-refractivity contribution < 1.29 is 14.5 Å². The van der Waals surface area contributed by atoms with Gasteiger partial charge in [0.05, 0.1) is 10.3 Å².